The number of aryl methyl sites for hydroxylation is 1. The third-order valence-corrected chi connectivity index (χ3v) is 6.58. The molecule has 5 heterocycles. The summed E-state index contributed by atoms with van der Waals surface area (Å²) in [6, 6.07) is 3.52. The summed E-state index contributed by atoms with van der Waals surface area (Å²) in [6.45, 7) is 3.86. The lowest BCUT2D eigenvalue weighted by Gasteiger charge is -2.37. The van der Waals surface area contributed by atoms with Crippen molar-refractivity contribution >= 4 is 22.8 Å². The van der Waals surface area contributed by atoms with Gasteiger partial charge in [0.1, 0.15) is 22.7 Å². The number of aromatic nitrogens is 8. The fourth-order valence-electron chi connectivity index (χ4n) is 4.30. The summed E-state index contributed by atoms with van der Waals surface area (Å²) in [7, 11) is 0. The highest BCUT2D eigenvalue weighted by molar-refractivity contribution is 7.13. The predicted octanol–water partition coefficient (Wildman–Crippen LogP) is 4.76. The molecule has 1 N–H and O–H groups in total. The molecule has 12 heteroatoms. The van der Waals surface area contributed by atoms with Gasteiger partial charge in [-0.25, -0.2) is 23.7 Å². The molecule has 0 spiro atoms. The fourth-order valence-corrected chi connectivity index (χ4v) is 4.94. The Morgan fingerprint density at radius 2 is 2.06 bits per heavy atom. The first-order chi connectivity index (χ1) is 16.6. The Hall–Kier alpha value is -4.06. The lowest BCUT2D eigenvalue weighted by Crippen LogP contribution is -2.33. The van der Waals surface area contributed by atoms with Crippen LogP contribution >= 0.6 is 11.3 Å². The van der Waals surface area contributed by atoms with E-state index in [1.807, 2.05) is 28.7 Å². The van der Waals surface area contributed by atoms with E-state index in [0.717, 1.165) is 11.1 Å². The monoisotopic (exact) mass is 477 g/mol. The van der Waals surface area contributed by atoms with Crippen molar-refractivity contribution in [3.63, 3.8) is 0 Å². The normalized spacial score (nSPS) is 14.8. The second-order valence-corrected chi connectivity index (χ2v) is 8.65. The van der Waals surface area contributed by atoms with Crippen molar-refractivity contribution in [1.82, 2.24) is 39.9 Å². The first-order valence-corrected chi connectivity index (χ1v) is 11.4. The van der Waals surface area contributed by atoms with Gasteiger partial charge < -0.3 is 4.90 Å². The maximum Gasteiger partial charge on any atom is 0.165 e. The van der Waals surface area contributed by atoms with Crippen LogP contribution in [0.3, 0.4) is 0 Å². The van der Waals surface area contributed by atoms with Gasteiger partial charge in [-0.15, -0.1) is 21.5 Å². The van der Waals surface area contributed by atoms with Crippen LogP contribution in [0.2, 0.25) is 0 Å². The third kappa shape index (κ3) is 3.02. The number of halogens is 2. The van der Waals surface area contributed by atoms with Crippen molar-refractivity contribution in [2.45, 2.75) is 26.3 Å². The fraction of sp³-hybridized carbons (Fsp3) is 0.182. The molecule has 0 amide bonds. The van der Waals surface area contributed by atoms with Crippen LogP contribution < -0.4 is 4.90 Å². The molecule has 0 unspecified atom stereocenters. The van der Waals surface area contributed by atoms with Crippen LogP contribution in [0.1, 0.15) is 30.9 Å². The molecule has 170 valence electrons. The van der Waals surface area contributed by atoms with Gasteiger partial charge >= 0.3 is 0 Å². The zero-order valence-corrected chi connectivity index (χ0v) is 18.9. The van der Waals surface area contributed by atoms with Crippen LogP contribution in [0.15, 0.2) is 42.3 Å². The minimum Gasteiger partial charge on any atom is -0.314 e. The number of benzene rings is 1. The third-order valence-electron chi connectivity index (χ3n) is 5.79. The molecule has 0 bridgehead atoms. The second kappa shape index (κ2) is 7.76. The number of thiazole rings is 1. The minimum atomic E-state index is -0.937. The van der Waals surface area contributed by atoms with Gasteiger partial charge in [-0.3, -0.25) is 9.67 Å². The molecular weight excluding hydrogens is 460 g/mol. The van der Waals surface area contributed by atoms with E-state index in [9.17, 15) is 8.78 Å². The first-order valence-electron chi connectivity index (χ1n) is 10.5. The maximum absolute atomic E-state index is 14.3. The van der Waals surface area contributed by atoms with Crippen molar-refractivity contribution in [2.24, 2.45) is 0 Å². The molecule has 1 aliphatic rings. The Morgan fingerprint density at radius 3 is 2.82 bits per heavy atom. The number of fused-ring (bicyclic) bond motifs is 3. The molecule has 9 nitrogen and oxygen atoms in total. The number of hydrogen-bond acceptors (Lipinski definition) is 8. The number of nitrogens with zero attached hydrogens (tertiary/aromatic N) is 8. The molecule has 4 aromatic heterocycles. The van der Waals surface area contributed by atoms with Crippen LogP contribution in [0.4, 0.5) is 20.3 Å². The molecule has 0 radical (unpaired) electrons. The van der Waals surface area contributed by atoms with Crippen LogP contribution in [0.5, 0.6) is 0 Å². The van der Waals surface area contributed by atoms with Gasteiger partial charge in [0.15, 0.2) is 29.1 Å². The number of nitrogens with one attached hydrogen (secondary N) is 1. The van der Waals surface area contributed by atoms with Crippen LogP contribution in [-0.2, 0) is 0 Å². The van der Waals surface area contributed by atoms with E-state index >= 15 is 0 Å². The molecule has 1 aromatic carbocycles. The van der Waals surface area contributed by atoms with Crippen LogP contribution in [0.25, 0.3) is 27.8 Å². The second-order valence-electron chi connectivity index (χ2n) is 7.75. The van der Waals surface area contributed by atoms with Gasteiger partial charge in [0, 0.05) is 23.3 Å². The van der Waals surface area contributed by atoms with Crippen molar-refractivity contribution in [3.8, 4) is 27.8 Å². The lowest BCUT2D eigenvalue weighted by atomic mass is 10.1. The summed E-state index contributed by atoms with van der Waals surface area (Å²) in [4.78, 5) is 15.9. The molecule has 0 fully saturated rings. The maximum atomic E-state index is 14.3. The summed E-state index contributed by atoms with van der Waals surface area (Å²) in [6.07, 6.45) is 5.62. The molecule has 1 atom stereocenters. The molecule has 6 rings (SSSR count). The van der Waals surface area contributed by atoms with E-state index in [0.29, 0.717) is 52.2 Å². The highest BCUT2D eigenvalue weighted by Gasteiger charge is 2.36. The van der Waals surface area contributed by atoms with E-state index in [4.69, 9.17) is 9.97 Å². The SMILES string of the molecule is CC[C@@H]1c2nncn2-c2c(C)nc(-c3cn[nH]c3-c3nccs3)nc2N1c1ccc(F)c(F)c1. The Balaban J connectivity index is 1.61. The van der Waals surface area contributed by atoms with Crippen molar-refractivity contribution in [1.29, 1.82) is 0 Å². The number of aromatic amines is 1. The number of anilines is 2. The Morgan fingerprint density at radius 1 is 1.18 bits per heavy atom. The van der Waals surface area contributed by atoms with Gasteiger partial charge in [0.05, 0.1) is 23.5 Å². The summed E-state index contributed by atoms with van der Waals surface area (Å²) in [5.74, 6) is -0.199. The molecule has 0 saturated heterocycles. The van der Waals surface area contributed by atoms with Gasteiger partial charge in [0.2, 0.25) is 0 Å². The van der Waals surface area contributed by atoms with Gasteiger partial charge in [-0.1, -0.05) is 6.92 Å². The molecule has 34 heavy (non-hydrogen) atoms. The smallest absolute Gasteiger partial charge is 0.165 e. The molecule has 5 aromatic rings. The molecule has 0 aliphatic carbocycles. The average molecular weight is 478 g/mol. The number of rotatable bonds is 4. The van der Waals surface area contributed by atoms with E-state index in [-0.39, 0.29) is 6.04 Å². The van der Waals surface area contributed by atoms with Gasteiger partial charge in [0.25, 0.3) is 0 Å². The van der Waals surface area contributed by atoms with E-state index in [1.54, 1.807) is 18.7 Å². The summed E-state index contributed by atoms with van der Waals surface area (Å²) in [5.41, 5.74) is 3.21. The molecular formula is C22H17F2N9S. The number of hydrogen-bond donors (Lipinski definition) is 1. The topological polar surface area (TPSA) is 101 Å². The summed E-state index contributed by atoms with van der Waals surface area (Å²) >= 11 is 1.47. The zero-order chi connectivity index (χ0) is 23.4. The first kappa shape index (κ1) is 20.5. The minimum absolute atomic E-state index is 0.301. The molecule has 0 saturated carbocycles. The zero-order valence-electron chi connectivity index (χ0n) is 18.1. The Labute approximate surface area is 196 Å². The highest BCUT2D eigenvalue weighted by atomic mass is 32.1. The lowest BCUT2D eigenvalue weighted by molar-refractivity contribution is 0.507. The van der Waals surface area contributed by atoms with Crippen molar-refractivity contribution < 1.29 is 8.78 Å². The van der Waals surface area contributed by atoms with Crippen LogP contribution in [0, 0.1) is 18.6 Å². The highest BCUT2D eigenvalue weighted by Crippen LogP contribution is 2.45. The van der Waals surface area contributed by atoms with E-state index in [1.165, 1.54) is 23.5 Å². The van der Waals surface area contributed by atoms with E-state index < -0.39 is 11.6 Å². The quantitative estimate of drug-likeness (QED) is 0.398. The van der Waals surface area contributed by atoms with Gasteiger partial charge in [-0.2, -0.15) is 5.10 Å². The summed E-state index contributed by atoms with van der Waals surface area (Å²) < 4.78 is 29.9. The average Bonchev–Trinajstić information content (AvgIpc) is 3.60. The Kier molecular flexibility index (Phi) is 4.69. The Bertz CT molecular complexity index is 1510. The number of H-pyrrole nitrogens is 1. The van der Waals surface area contributed by atoms with Gasteiger partial charge in [-0.05, 0) is 25.5 Å². The summed E-state index contributed by atoms with van der Waals surface area (Å²) in [5, 5.41) is 18.2. The largest absolute Gasteiger partial charge is 0.314 e. The standard InChI is InChI=1S/C22H17F2N9S/c1-3-16-20-31-27-10-32(20)18-11(2)28-19(13-9-26-30-17(13)22-25-6-7-34-22)29-21(18)33(16)12-4-5-14(23)15(24)8-12/h4-10,16H,3H2,1-2H3,(H,26,30)/t16-/m1/s1. The molecule has 1 aliphatic heterocycles. The van der Waals surface area contributed by atoms with Crippen molar-refractivity contribution in [3.05, 3.63) is 65.5 Å². The predicted molar refractivity (Wildman–Crippen MR) is 122 cm³/mol. The van der Waals surface area contributed by atoms with Crippen molar-refractivity contribution in [2.75, 3.05) is 4.90 Å². The van der Waals surface area contributed by atoms with Crippen LogP contribution in [-0.4, -0.2) is 39.9 Å². The van der Waals surface area contributed by atoms with E-state index in [2.05, 4.69) is 25.4 Å².